The van der Waals surface area contributed by atoms with Gasteiger partial charge in [-0.1, -0.05) is 36.4 Å². The molecular formula is C15H22N2O. The normalized spacial score (nSPS) is 24.9. The van der Waals surface area contributed by atoms with Crippen molar-refractivity contribution in [1.82, 2.24) is 10.2 Å². The van der Waals surface area contributed by atoms with Crippen LogP contribution in [0.1, 0.15) is 12.0 Å². The fourth-order valence-electron chi connectivity index (χ4n) is 2.46. The molecule has 1 aromatic carbocycles. The SMILES string of the molecule is C=CCN[C@H]1CCN(Cc2ccccc2)C[C@@H]1O. The van der Waals surface area contributed by atoms with Crippen LogP contribution in [0.3, 0.4) is 0 Å². The fourth-order valence-corrected chi connectivity index (χ4v) is 2.46. The summed E-state index contributed by atoms with van der Waals surface area (Å²) in [5, 5.41) is 13.4. The number of hydrogen-bond donors (Lipinski definition) is 2. The van der Waals surface area contributed by atoms with Crippen LogP contribution in [0.2, 0.25) is 0 Å². The molecule has 1 aliphatic rings. The molecule has 0 spiro atoms. The molecule has 1 heterocycles. The van der Waals surface area contributed by atoms with Crippen LogP contribution < -0.4 is 5.32 Å². The lowest BCUT2D eigenvalue weighted by molar-refractivity contribution is 0.0384. The smallest absolute Gasteiger partial charge is 0.0820 e. The molecule has 0 unspecified atom stereocenters. The van der Waals surface area contributed by atoms with Crippen molar-refractivity contribution >= 4 is 0 Å². The van der Waals surface area contributed by atoms with Crippen LogP contribution in [0.25, 0.3) is 0 Å². The zero-order valence-electron chi connectivity index (χ0n) is 10.8. The molecule has 1 saturated heterocycles. The lowest BCUT2D eigenvalue weighted by atomic mass is 10.0. The standard InChI is InChI=1S/C15H22N2O/c1-2-9-16-14-8-10-17(12-15(14)18)11-13-6-4-3-5-7-13/h2-7,14-16,18H,1,8-12H2/t14-,15-/m0/s1. The van der Waals surface area contributed by atoms with Crippen LogP contribution >= 0.6 is 0 Å². The summed E-state index contributed by atoms with van der Waals surface area (Å²) in [6.07, 6.45) is 2.53. The summed E-state index contributed by atoms with van der Waals surface area (Å²) >= 11 is 0. The summed E-state index contributed by atoms with van der Waals surface area (Å²) in [6.45, 7) is 7.14. The van der Waals surface area contributed by atoms with Crippen molar-refractivity contribution in [1.29, 1.82) is 0 Å². The number of likely N-dealkylation sites (tertiary alicyclic amines) is 1. The Labute approximate surface area is 109 Å². The van der Waals surface area contributed by atoms with Gasteiger partial charge in [0.15, 0.2) is 0 Å². The Kier molecular flexibility index (Phi) is 4.93. The van der Waals surface area contributed by atoms with E-state index in [1.165, 1.54) is 5.56 Å². The van der Waals surface area contributed by atoms with Gasteiger partial charge < -0.3 is 10.4 Å². The maximum absolute atomic E-state index is 10.1. The molecule has 0 saturated carbocycles. The Morgan fingerprint density at radius 2 is 2.17 bits per heavy atom. The van der Waals surface area contributed by atoms with Crippen molar-refractivity contribution in [2.24, 2.45) is 0 Å². The van der Waals surface area contributed by atoms with Gasteiger partial charge in [-0.2, -0.15) is 0 Å². The lowest BCUT2D eigenvalue weighted by Gasteiger charge is -2.36. The highest BCUT2D eigenvalue weighted by Crippen LogP contribution is 2.14. The van der Waals surface area contributed by atoms with Crippen LogP contribution in [0.4, 0.5) is 0 Å². The van der Waals surface area contributed by atoms with E-state index in [9.17, 15) is 5.11 Å². The number of aliphatic hydroxyl groups is 1. The first-order valence-corrected chi connectivity index (χ1v) is 6.58. The van der Waals surface area contributed by atoms with E-state index in [1.54, 1.807) is 0 Å². The van der Waals surface area contributed by atoms with Gasteiger partial charge in [-0.3, -0.25) is 4.90 Å². The molecule has 98 valence electrons. The van der Waals surface area contributed by atoms with E-state index in [1.807, 2.05) is 12.1 Å². The Bertz CT molecular complexity index is 366. The Morgan fingerprint density at radius 1 is 1.39 bits per heavy atom. The molecule has 0 aromatic heterocycles. The van der Waals surface area contributed by atoms with Crippen LogP contribution in [0.15, 0.2) is 43.0 Å². The maximum Gasteiger partial charge on any atom is 0.0820 e. The molecule has 0 radical (unpaired) electrons. The minimum Gasteiger partial charge on any atom is -0.390 e. The minimum atomic E-state index is -0.289. The topological polar surface area (TPSA) is 35.5 Å². The molecule has 3 heteroatoms. The highest BCUT2D eigenvalue weighted by molar-refractivity contribution is 5.14. The first-order valence-electron chi connectivity index (χ1n) is 6.58. The highest BCUT2D eigenvalue weighted by atomic mass is 16.3. The van der Waals surface area contributed by atoms with Crippen molar-refractivity contribution in [3.05, 3.63) is 48.6 Å². The average Bonchev–Trinajstić information content (AvgIpc) is 2.39. The van der Waals surface area contributed by atoms with Gasteiger partial charge in [0.1, 0.15) is 0 Å². The maximum atomic E-state index is 10.1. The van der Waals surface area contributed by atoms with Gasteiger partial charge in [0.25, 0.3) is 0 Å². The molecule has 2 N–H and O–H groups in total. The van der Waals surface area contributed by atoms with Crippen molar-refractivity contribution in [2.45, 2.75) is 25.1 Å². The van der Waals surface area contributed by atoms with Gasteiger partial charge in [-0.25, -0.2) is 0 Å². The summed E-state index contributed by atoms with van der Waals surface area (Å²) in [6, 6.07) is 10.6. The van der Waals surface area contributed by atoms with Gasteiger partial charge in [0, 0.05) is 32.2 Å². The Hall–Kier alpha value is -1.16. The molecule has 1 fully saturated rings. The second-order valence-electron chi connectivity index (χ2n) is 4.88. The van der Waals surface area contributed by atoms with Crippen molar-refractivity contribution in [2.75, 3.05) is 19.6 Å². The van der Waals surface area contributed by atoms with E-state index in [0.29, 0.717) is 0 Å². The summed E-state index contributed by atoms with van der Waals surface area (Å²) in [5.41, 5.74) is 1.31. The number of piperidine rings is 1. The summed E-state index contributed by atoms with van der Waals surface area (Å²) < 4.78 is 0. The van der Waals surface area contributed by atoms with E-state index < -0.39 is 0 Å². The zero-order chi connectivity index (χ0) is 12.8. The molecule has 1 aliphatic heterocycles. The molecule has 0 amide bonds. The zero-order valence-corrected chi connectivity index (χ0v) is 10.8. The third-order valence-electron chi connectivity index (χ3n) is 3.44. The minimum absolute atomic E-state index is 0.204. The van der Waals surface area contributed by atoms with Crippen molar-refractivity contribution in [3.63, 3.8) is 0 Å². The number of benzene rings is 1. The van der Waals surface area contributed by atoms with Gasteiger partial charge >= 0.3 is 0 Å². The fraction of sp³-hybridized carbons (Fsp3) is 0.467. The van der Waals surface area contributed by atoms with Gasteiger partial charge in [0.05, 0.1) is 6.10 Å². The number of aliphatic hydroxyl groups excluding tert-OH is 1. The van der Waals surface area contributed by atoms with Crippen LogP contribution in [-0.2, 0) is 6.54 Å². The second kappa shape index (κ2) is 6.69. The molecule has 2 rings (SSSR count). The monoisotopic (exact) mass is 246 g/mol. The summed E-state index contributed by atoms with van der Waals surface area (Å²) in [7, 11) is 0. The third kappa shape index (κ3) is 3.67. The van der Waals surface area contributed by atoms with E-state index in [0.717, 1.165) is 32.6 Å². The van der Waals surface area contributed by atoms with Crippen LogP contribution in [-0.4, -0.2) is 41.8 Å². The van der Waals surface area contributed by atoms with Crippen molar-refractivity contribution in [3.8, 4) is 0 Å². The summed E-state index contributed by atoms with van der Waals surface area (Å²) in [5.74, 6) is 0. The van der Waals surface area contributed by atoms with Gasteiger partial charge in [-0.05, 0) is 12.0 Å². The highest BCUT2D eigenvalue weighted by Gasteiger charge is 2.26. The van der Waals surface area contributed by atoms with Crippen molar-refractivity contribution < 1.29 is 5.11 Å². The van der Waals surface area contributed by atoms with Gasteiger partial charge in [0.2, 0.25) is 0 Å². The Morgan fingerprint density at radius 3 is 2.83 bits per heavy atom. The van der Waals surface area contributed by atoms with Gasteiger partial charge in [-0.15, -0.1) is 6.58 Å². The number of hydrogen-bond acceptors (Lipinski definition) is 3. The number of nitrogens with zero attached hydrogens (tertiary/aromatic N) is 1. The first kappa shape index (κ1) is 13.3. The first-order chi connectivity index (χ1) is 8.79. The number of rotatable bonds is 5. The third-order valence-corrected chi connectivity index (χ3v) is 3.44. The molecule has 0 aliphatic carbocycles. The van der Waals surface area contributed by atoms with Crippen LogP contribution in [0, 0.1) is 0 Å². The molecule has 0 bridgehead atoms. The molecule has 1 aromatic rings. The van der Waals surface area contributed by atoms with Crippen LogP contribution in [0.5, 0.6) is 0 Å². The van der Waals surface area contributed by atoms with E-state index in [2.05, 4.69) is 41.1 Å². The molecule has 3 nitrogen and oxygen atoms in total. The Balaban J connectivity index is 1.82. The average molecular weight is 246 g/mol. The molecule has 18 heavy (non-hydrogen) atoms. The summed E-state index contributed by atoms with van der Waals surface area (Å²) in [4.78, 5) is 2.31. The number of β-amino-alcohol motifs (C(OH)–C–C–N with tert-alkyl or cyclic N) is 1. The second-order valence-corrected chi connectivity index (χ2v) is 4.88. The predicted octanol–water partition coefficient (Wildman–Crippen LogP) is 1.40. The molecular weight excluding hydrogens is 224 g/mol. The predicted molar refractivity (Wildman–Crippen MR) is 74.3 cm³/mol. The lowest BCUT2D eigenvalue weighted by Crippen LogP contribution is -2.52. The molecule has 2 atom stereocenters. The number of nitrogens with one attached hydrogen (secondary N) is 1. The largest absolute Gasteiger partial charge is 0.390 e. The van der Waals surface area contributed by atoms with E-state index in [-0.39, 0.29) is 12.1 Å². The van der Waals surface area contributed by atoms with E-state index in [4.69, 9.17) is 0 Å². The van der Waals surface area contributed by atoms with E-state index >= 15 is 0 Å². The quantitative estimate of drug-likeness (QED) is 0.771.